The molecule has 0 radical (unpaired) electrons. The monoisotopic (exact) mass is 382 g/mol. The van der Waals surface area contributed by atoms with Crippen molar-refractivity contribution in [1.29, 1.82) is 0 Å². The van der Waals surface area contributed by atoms with Gasteiger partial charge in [-0.3, -0.25) is 9.13 Å². The highest BCUT2D eigenvalue weighted by Crippen LogP contribution is 2.64. The molecule has 0 aliphatic rings. The van der Waals surface area contributed by atoms with E-state index < -0.39 is 20.4 Å². The number of rotatable bonds is 16. The molecule has 2 atom stereocenters. The van der Waals surface area contributed by atoms with Crippen LogP contribution in [-0.2, 0) is 9.13 Å². The lowest BCUT2D eigenvalue weighted by Crippen LogP contribution is -2.12. The van der Waals surface area contributed by atoms with Gasteiger partial charge in [-0.25, -0.2) is 0 Å². The molecular formula is C17H36O5P2. The summed E-state index contributed by atoms with van der Waals surface area (Å²) in [6.07, 6.45) is 12.5. The first kappa shape index (κ1) is 24.1. The molecule has 0 aliphatic heterocycles. The fraction of sp³-hybridized carbons (Fsp3) is 0.882. The third-order valence-corrected chi connectivity index (χ3v) is 9.47. The van der Waals surface area contributed by atoms with Crippen LogP contribution in [0.5, 0.6) is 0 Å². The van der Waals surface area contributed by atoms with Crippen LogP contribution in [0.2, 0.25) is 0 Å². The summed E-state index contributed by atoms with van der Waals surface area (Å²) in [6.45, 7) is 5.68. The minimum absolute atomic E-state index is 0.0192. The lowest BCUT2D eigenvalue weighted by molar-refractivity contribution is 0.358. The third-order valence-electron chi connectivity index (χ3n) is 4.31. The van der Waals surface area contributed by atoms with Gasteiger partial charge in [-0.05, 0) is 25.7 Å². The van der Waals surface area contributed by atoms with Gasteiger partial charge in [0.25, 0.3) is 0 Å². The number of hydrogen-bond donors (Lipinski definition) is 3. The van der Waals surface area contributed by atoms with E-state index in [1.54, 1.807) is 0 Å². The van der Waals surface area contributed by atoms with Crippen LogP contribution < -0.4 is 0 Å². The van der Waals surface area contributed by atoms with E-state index in [0.717, 1.165) is 51.4 Å². The van der Waals surface area contributed by atoms with Crippen LogP contribution in [0.3, 0.4) is 0 Å². The molecule has 0 saturated heterocycles. The molecule has 0 rings (SSSR count). The second-order valence-corrected chi connectivity index (χ2v) is 11.4. The van der Waals surface area contributed by atoms with Crippen LogP contribution >= 0.6 is 15.0 Å². The number of allylic oxidation sites excluding steroid dienone is 1. The van der Waals surface area contributed by atoms with E-state index in [1.165, 1.54) is 6.42 Å². The highest BCUT2D eigenvalue weighted by atomic mass is 31.2. The smallest absolute Gasteiger partial charge is 0.338 e. The Bertz CT molecular complexity index is 419. The first-order valence-corrected chi connectivity index (χ1v) is 12.8. The number of hydrogen-bond acceptors (Lipinski definition) is 2. The highest BCUT2D eigenvalue weighted by molar-refractivity contribution is 7.73. The largest absolute Gasteiger partial charge is 0.344 e. The van der Waals surface area contributed by atoms with Crippen molar-refractivity contribution in [3.05, 3.63) is 12.7 Å². The van der Waals surface area contributed by atoms with Gasteiger partial charge in [0.05, 0.1) is 0 Å². The Hall–Kier alpha value is 0.0800. The van der Waals surface area contributed by atoms with Gasteiger partial charge in [0, 0.05) is 6.16 Å². The fourth-order valence-corrected chi connectivity index (χ4v) is 7.15. The van der Waals surface area contributed by atoms with Crippen molar-refractivity contribution >= 4 is 15.0 Å². The molecule has 0 bridgehead atoms. The predicted molar refractivity (Wildman–Crippen MR) is 102 cm³/mol. The van der Waals surface area contributed by atoms with Crippen LogP contribution in [0.15, 0.2) is 12.7 Å². The maximum Gasteiger partial charge on any atom is 0.338 e. The van der Waals surface area contributed by atoms with E-state index in [9.17, 15) is 23.8 Å². The fourth-order valence-electron chi connectivity index (χ4n) is 2.84. The summed E-state index contributed by atoms with van der Waals surface area (Å²) in [5, 5.41) is -1.38. The molecule has 0 amide bonds. The summed E-state index contributed by atoms with van der Waals surface area (Å²) in [7, 11) is -8.34. The van der Waals surface area contributed by atoms with Crippen LogP contribution in [-0.4, -0.2) is 26.2 Å². The zero-order valence-electron chi connectivity index (χ0n) is 15.1. The van der Waals surface area contributed by atoms with Gasteiger partial charge in [0.2, 0.25) is 7.37 Å². The quantitative estimate of drug-likeness (QED) is 0.182. The molecule has 7 heteroatoms. The minimum atomic E-state index is -4.54. The molecule has 0 aromatic carbocycles. The van der Waals surface area contributed by atoms with Crippen molar-refractivity contribution in [2.75, 3.05) is 6.16 Å². The van der Waals surface area contributed by atoms with E-state index >= 15 is 0 Å². The van der Waals surface area contributed by atoms with Crippen LogP contribution in [0.25, 0.3) is 0 Å². The zero-order valence-corrected chi connectivity index (χ0v) is 16.9. The van der Waals surface area contributed by atoms with Crippen LogP contribution in [0, 0.1) is 0 Å². The van der Waals surface area contributed by atoms with Crippen molar-refractivity contribution in [3.63, 3.8) is 0 Å². The Morgan fingerprint density at radius 2 is 1.42 bits per heavy atom. The van der Waals surface area contributed by atoms with Crippen molar-refractivity contribution < 1.29 is 23.8 Å². The molecule has 24 heavy (non-hydrogen) atoms. The molecule has 144 valence electrons. The van der Waals surface area contributed by atoms with Gasteiger partial charge in [-0.2, -0.15) is 0 Å². The topological polar surface area (TPSA) is 94.8 Å². The van der Waals surface area contributed by atoms with E-state index in [-0.39, 0.29) is 12.6 Å². The normalized spacial score (nSPS) is 15.8. The molecule has 0 spiro atoms. The zero-order chi connectivity index (χ0) is 18.5. The predicted octanol–water partition coefficient (Wildman–Crippen LogP) is 5.65. The van der Waals surface area contributed by atoms with E-state index in [4.69, 9.17) is 0 Å². The molecule has 0 saturated carbocycles. The van der Waals surface area contributed by atoms with E-state index in [2.05, 4.69) is 6.58 Å². The average molecular weight is 382 g/mol. The second-order valence-electron chi connectivity index (χ2n) is 6.60. The SMILES string of the molecule is C=CCCCCCCCCCP(=O)(O)C(CCCCC)P(=O)(O)O. The summed E-state index contributed by atoms with van der Waals surface area (Å²) in [6, 6.07) is 0. The average Bonchev–Trinajstić information content (AvgIpc) is 2.48. The lowest BCUT2D eigenvalue weighted by Gasteiger charge is -2.24. The van der Waals surface area contributed by atoms with Crippen LogP contribution in [0.4, 0.5) is 0 Å². The first-order valence-electron chi connectivity index (χ1n) is 9.23. The third kappa shape index (κ3) is 11.6. The summed E-state index contributed by atoms with van der Waals surface area (Å²) in [4.78, 5) is 29.0. The standard InChI is InChI=1S/C17H36O5P2/c1-3-5-7-8-9-10-11-12-14-16-23(18,19)17(24(20,21)22)15-13-6-4-2/h3,17H,1,4-16H2,2H3,(H,18,19)(H2,20,21,22). The van der Waals surface area contributed by atoms with Gasteiger partial charge in [0.1, 0.15) is 5.40 Å². The maximum absolute atomic E-state index is 12.4. The van der Waals surface area contributed by atoms with Gasteiger partial charge >= 0.3 is 7.60 Å². The molecule has 0 aliphatic carbocycles. The summed E-state index contributed by atoms with van der Waals surface area (Å²) in [5.41, 5.74) is 0. The maximum atomic E-state index is 12.4. The molecule has 3 N–H and O–H groups in total. The Labute approximate surface area is 147 Å². The second kappa shape index (κ2) is 13.3. The van der Waals surface area contributed by atoms with Crippen molar-refractivity contribution in [1.82, 2.24) is 0 Å². The van der Waals surface area contributed by atoms with E-state index in [1.807, 2.05) is 13.0 Å². The minimum Gasteiger partial charge on any atom is -0.344 e. The molecule has 5 nitrogen and oxygen atoms in total. The Morgan fingerprint density at radius 1 is 0.875 bits per heavy atom. The Balaban J connectivity index is 4.12. The summed E-state index contributed by atoms with van der Waals surface area (Å²) in [5.74, 6) is 0. The van der Waals surface area contributed by atoms with E-state index in [0.29, 0.717) is 12.8 Å². The summed E-state index contributed by atoms with van der Waals surface area (Å²) < 4.78 is 24.0. The molecule has 0 aromatic rings. The Kier molecular flexibility index (Phi) is 13.4. The van der Waals surface area contributed by atoms with Gasteiger partial charge in [0.15, 0.2) is 0 Å². The van der Waals surface area contributed by atoms with Crippen molar-refractivity contribution in [2.24, 2.45) is 0 Å². The highest BCUT2D eigenvalue weighted by Gasteiger charge is 2.42. The number of unbranched alkanes of at least 4 members (excludes halogenated alkanes) is 9. The lowest BCUT2D eigenvalue weighted by atomic mass is 10.1. The summed E-state index contributed by atoms with van der Waals surface area (Å²) >= 11 is 0. The molecular weight excluding hydrogens is 346 g/mol. The van der Waals surface area contributed by atoms with Gasteiger partial charge in [-0.1, -0.05) is 64.4 Å². The molecule has 2 unspecified atom stereocenters. The van der Waals surface area contributed by atoms with Gasteiger partial charge < -0.3 is 14.7 Å². The molecule has 0 aromatic heterocycles. The van der Waals surface area contributed by atoms with Crippen LogP contribution in [0.1, 0.15) is 84.0 Å². The van der Waals surface area contributed by atoms with Gasteiger partial charge in [-0.15, -0.1) is 6.58 Å². The molecule has 0 fully saturated rings. The first-order chi connectivity index (χ1) is 11.3. The van der Waals surface area contributed by atoms with Crippen molar-refractivity contribution in [3.8, 4) is 0 Å². The molecule has 0 heterocycles. The van der Waals surface area contributed by atoms with Crippen molar-refractivity contribution in [2.45, 2.75) is 89.4 Å². The Morgan fingerprint density at radius 3 is 1.92 bits per heavy atom.